The summed E-state index contributed by atoms with van der Waals surface area (Å²) < 4.78 is 166. The third-order valence-corrected chi connectivity index (χ3v) is 16.4. The first-order valence-electron chi connectivity index (χ1n) is 22.0. The van der Waals surface area contributed by atoms with Gasteiger partial charge in [0, 0.05) is 21.9 Å². The molecule has 0 aliphatic heterocycles. The second-order valence-corrected chi connectivity index (χ2v) is 26.6. The maximum absolute atomic E-state index is 12.4. The molecule has 8 aromatic rings. The van der Waals surface area contributed by atoms with Crippen molar-refractivity contribution in [1.29, 1.82) is 5.26 Å². The fraction of sp³-hybridized carbons (Fsp3) is 0.205. The van der Waals surface area contributed by atoms with Crippen LogP contribution in [0.4, 0.5) is 33.6 Å². The van der Waals surface area contributed by atoms with Gasteiger partial charge in [0.15, 0.2) is 11.3 Å². The van der Waals surface area contributed by atoms with Crippen LogP contribution in [0.15, 0.2) is 118 Å². The summed E-state index contributed by atoms with van der Waals surface area (Å²) >= 11 is 8.56. The quantitative estimate of drug-likeness (QED) is 0.0201. The van der Waals surface area contributed by atoms with Gasteiger partial charge in [-0.2, -0.15) is 52.5 Å². The molecule has 0 radical (unpaired) electrons. The first-order valence-corrected chi connectivity index (χ1v) is 32.1. The van der Waals surface area contributed by atoms with Crippen LogP contribution in [0, 0.1) is 25.2 Å². The molecule has 27 nitrogen and oxygen atoms in total. The van der Waals surface area contributed by atoms with Gasteiger partial charge in [-0.3, -0.25) is 27.2 Å². The number of fused-ring (bicyclic) bond motifs is 6. The van der Waals surface area contributed by atoms with Crippen LogP contribution < -0.4 is 4.74 Å². The van der Waals surface area contributed by atoms with Crippen LogP contribution in [0.2, 0.25) is 5.02 Å². The molecule has 416 valence electrons. The van der Waals surface area contributed by atoms with E-state index in [-0.39, 0.29) is 113 Å². The van der Waals surface area contributed by atoms with E-state index in [1.54, 1.807) is 38.1 Å². The predicted molar refractivity (Wildman–Crippen MR) is 291 cm³/mol. The molecular formula is C44H39ClN10O17S7. The molecule has 0 amide bonds. The van der Waals surface area contributed by atoms with Gasteiger partial charge in [-0.05, 0) is 91.9 Å². The van der Waals surface area contributed by atoms with Gasteiger partial charge in [-0.25, -0.2) is 9.97 Å². The summed E-state index contributed by atoms with van der Waals surface area (Å²) in [4.78, 5) is 7.96. The van der Waals surface area contributed by atoms with E-state index in [2.05, 4.69) is 46.7 Å². The van der Waals surface area contributed by atoms with Crippen molar-refractivity contribution in [3.05, 3.63) is 94.5 Å². The summed E-state index contributed by atoms with van der Waals surface area (Å²) in [5.41, 5.74) is 2.13. The van der Waals surface area contributed by atoms with Gasteiger partial charge in [0.1, 0.15) is 44.9 Å². The second kappa shape index (κ2) is 23.5. The number of aromatic hydroxyl groups is 1. The second-order valence-electron chi connectivity index (χ2n) is 16.6. The van der Waals surface area contributed by atoms with E-state index < -0.39 is 71.9 Å². The number of hydrogen-bond donors (Lipinski definition) is 6. The standard InChI is InChI=1S/C43H35ClN10O14S6.CH4O3S/c1-22-15-32(50-52-38-23(2)27(21-45)41-46-29-7-3-4-8-34(29)54(41)42(38)55)35(68-11-5-13-71(56,57)58)19-30(22)48-51-33-18-28(44)31(20-36(33)69-12-6-14-72(59,60)61)49-53-43-47-39-37(74(65,66)67)16-24-9-10-25(73(62,63)64)17-26(24)40(39)70-43;1-5(2,3)4/h3-4,7-10,15-20,55H,5-6,11-14H2,1-2H3,(H,56,57,58)(H,59,60,61)(H,62,63,64)(H,65,66,67);1H3,(H,2,3,4). The van der Waals surface area contributed by atoms with Crippen molar-refractivity contribution in [2.75, 3.05) is 30.1 Å². The van der Waals surface area contributed by atoms with Crippen molar-refractivity contribution in [2.45, 2.75) is 41.4 Å². The molecule has 5 aromatic carbocycles. The number of thioether (sulfide) groups is 1. The number of imidazole rings is 1. The highest BCUT2D eigenvalue weighted by atomic mass is 35.5. The van der Waals surface area contributed by atoms with Crippen molar-refractivity contribution in [1.82, 2.24) is 14.4 Å². The Balaban J connectivity index is 0.00000173. The smallest absolute Gasteiger partial charge is 0.296 e. The molecule has 0 saturated carbocycles. The molecule has 0 fully saturated rings. The summed E-state index contributed by atoms with van der Waals surface area (Å²) in [7, 11) is -21.9. The minimum absolute atomic E-state index is 0.00527. The molecule has 0 aliphatic carbocycles. The van der Waals surface area contributed by atoms with Crippen molar-refractivity contribution >= 4 is 157 Å². The zero-order valence-electron chi connectivity index (χ0n) is 40.6. The molecule has 3 aromatic heterocycles. The Morgan fingerprint density at radius 2 is 1.39 bits per heavy atom. The average molecular weight is 1240 g/mol. The molecule has 0 saturated heterocycles. The highest BCUT2D eigenvalue weighted by Crippen LogP contribution is 2.45. The Morgan fingerprint density at radius 1 is 0.747 bits per heavy atom. The number of nitrogens with zero attached hydrogens (tertiary/aromatic N) is 10. The topological polar surface area (TPSA) is 429 Å². The zero-order valence-corrected chi connectivity index (χ0v) is 47.0. The molecule has 0 atom stereocenters. The van der Waals surface area contributed by atoms with Crippen molar-refractivity contribution in [2.24, 2.45) is 30.7 Å². The van der Waals surface area contributed by atoms with Crippen LogP contribution in [0.3, 0.4) is 0 Å². The number of halogens is 1. The number of thiazole rings is 1. The molecule has 35 heteroatoms. The SMILES string of the molecule is CS(=O)(=O)O.Cc1cc(N=Nc2c(C)c(C#N)c3nc4ccccc4n3c2O)c(OCCCS(=O)(=O)O)cc1N=Nc1cc(Cl)c(N=Nc2nc3c(S(=O)(=O)O)cc4ccc(S(=O)(=O)O)cc4c3s2)cc1SCCCS(=O)(=O)O. The van der Waals surface area contributed by atoms with Crippen LogP contribution in [-0.4, -0.2) is 114 Å². The van der Waals surface area contributed by atoms with Gasteiger partial charge in [-0.1, -0.05) is 41.1 Å². The Morgan fingerprint density at radius 3 is 2.05 bits per heavy atom. The lowest BCUT2D eigenvalue weighted by molar-refractivity contribution is 0.317. The number of aryl methyl sites for hydroxylation is 1. The number of azo groups is 3. The minimum Gasteiger partial charge on any atom is -0.493 e. The largest absolute Gasteiger partial charge is 0.493 e. The lowest BCUT2D eigenvalue weighted by atomic mass is 10.1. The molecule has 0 spiro atoms. The fourth-order valence-corrected chi connectivity index (χ4v) is 11.8. The van der Waals surface area contributed by atoms with E-state index in [4.69, 9.17) is 20.9 Å². The number of hydrogen-bond acceptors (Lipinski definition) is 23. The monoisotopic (exact) mass is 1240 g/mol. The summed E-state index contributed by atoms with van der Waals surface area (Å²) in [6.45, 7) is 2.98. The lowest BCUT2D eigenvalue weighted by Crippen LogP contribution is -2.08. The first kappa shape index (κ1) is 59.9. The van der Waals surface area contributed by atoms with Gasteiger partial charge in [0.25, 0.3) is 50.6 Å². The van der Waals surface area contributed by atoms with Crippen LogP contribution in [0.5, 0.6) is 11.6 Å². The number of rotatable bonds is 18. The summed E-state index contributed by atoms with van der Waals surface area (Å²) in [6.07, 6.45) is 0.562. The maximum Gasteiger partial charge on any atom is 0.296 e. The first-order chi connectivity index (χ1) is 36.8. The van der Waals surface area contributed by atoms with E-state index in [9.17, 15) is 70.7 Å². The molecule has 8 rings (SSSR count). The number of aromatic nitrogens is 3. The maximum atomic E-state index is 12.4. The van der Waals surface area contributed by atoms with Gasteiger partial charge in [0.2, 0.25) is 11.0 Å². The van der Waals surface area contributed by atoms with Gasteiger partial charge in [0.05, 0.1) is 55.7 Å². The van der Waals surface area contributed by atoms with Crippen LogP contribution in [-0.2, 0) is 50.6 Å². The molecule has 3 heterocycles. The Kier molecular flexibility index (Phi) is 17.9. The zero-order chi connectivity index (χ0) is 58.0. The van der Waals surface area contributed by atoms with Crippen LogP contribution >= 0.6 is 34.7 Å². The van der Waals surface area contributed by atoms with Gasteiger partial charge < -0.3 is 9.84 Å². The number of benzene rings is 5. The highest BCUT2D eigenvalue weighted by molar-refractivity contribution is 7.99. The predicted octanol–water partition coefficient (Wildman–Crippen LogP) is 10.4. The van der Waals surface area contributed by atoms with Crippen molar-refractivity contribution < 1.29 is 74.7 Å². The number of nitriles is 1. The lowest BCUT2D eigenvalue weighted by Gasteiger charge is -2.12. The molecule has 0 aliphatic rings. The van der Waals surface area contributed by atoms with Crippen LogP contribution in [0.25, 0.3) is 37.7 Å². The molecule has 79 heavy (non-hydrogen) atoms. The Labute approximate surface area is 462 Å². The van der Waals surface area contributed by atoms with Crippen molar-refractivity contribution in [3.63, 3.8) is 0 Å². The minimum atomic E-state index is -4.88. The number of pyridine rings is 1. The van der Waals surface area contributed by atoms with Gasteiger partial charge in [-0.15, -0.1) is 37.3 Å². The highest BCUT2D eigenvalue weighted by Gasteiger charge is 2.24. The van der Waals surface area contributed by atoms with E-state index in [0.29, 0.717) is 27.7 Å². The third-order valence-electron chi connectivity index (χ3n) is 10.7. The molecule has 6 N–H and O–H groups in total. The van der Waals surface area contributed by atoms with E-state index in [1.807, 2.05) is 0 Å². The number of ether oxygens (including phenoxy) is 1. The Bertz CT molecular complexity index is 4500. The molecule has 0 unspecified atom stereocenters. The summed E-state index contributed by atoms with van der Waals surface area (Å²) in [6, 6.07) is 19.2. The molecule has 0 bridgehead atoms. The van der Waals surface area contributed by atoms with Crippen molar-refractivity contribution in [3.8, 4) is 17.7 Å². The number of para-hydroxylation sites is 2. The summed E-state index contributed by atoms with van der Waals surface area (Å²) in [5.74, 6) is -1.42. The normalized spacial score (nSPS) is 12.9. The van der Waals surface area contributed by atoms with Gasteiger partial charge >= 0.3 is 0 Å². The Hall–Kier alpha value is -6.72. The third kappa shape index (κ3) is 15.1. The summed E-state index contributed by atoms with van der Waals surface area (Å²) in [5, 5.41) is 47.6. The molecular weight excluding hydrogens is 1200 g/mol. The van der Waals surface area contributed by atoms with E-state index in [1.165, 1.54) is 34.7 Å². The fourth-order valence-electron chi connectivity index (χ4n) is 7.27. The average Bonchev–Trinajstić information content (AvgIpc) is 4.17. The van der Waals surface area contributed by atoms with E-state index >= 15 is 0 Å². The van der Waals surface area contributed by atoms with Crippen LogP contribution in [0.1, 0.15) is 29.5 Å². The van der Waals surface area contributed by atoms with E-state index in [0.717, 1.165) is 41.3 Å².